The Morgan fingerprint density at radius 1 is 0.769 bits per heavy atom. The highest BCUT2D eigenvalue weighted by Crippen LogP contribution is 2.26. The predicted octanol–water partition coefficient (Wildman–Crippen LogP) is 5.28. The van der Waals surface area contributed by atoms with Gasteiger partial charge in [-0.1, -0.05) is 50.1 Å². The molecule has 0 atom stereocenters. The van der Waals surface area contributed by atoms with Crippen LogP contribution in [0.25, 0.3) is 0 Å². The van der Waals surface area contributed by atoms with Gasteiger partial charge in [-0.3, -0.25) is 0 Å². The van der Waals surface area contributed by atoms with Gasteiger partial charge in [-0.05, 0) is 31.5 Å². The molecule has 2 aromatic carbocycles. The van der Waals surface area contributed by atoms with E-state index in [9.17, 15) is 0 Å². The van der Waals surface area contributed by atoms with Gasteiger partial charge in [0.15, 0.2) is 0 Å². The van der Waals surface area contributed by atoms with Gasteiger partial charge in [0, 0.05) is 18.7 Å². The molecule has 4 nitrogen and oxygen atoms in total. The van der Waals surface area contributed by atoms with E-state index in [1.807, 2.05) is 49.4 Å². The van der Waals surface area contributed by atoms with Crippen molar-refractivity contribution in [3.05, 3.63) is 54.1 Å². The number of para-hydroxylation sites is 3. The van der Waals surface area contributed by atoms with Crippen molar-refractivity contribution in [2.75, 3.05) is 31.7 Å². The first-order chi connectivity index (χ1) is 12.8. The second kappa shape index (κ2) is 12.2. The molecule has 0 saturated heterocycles. The highest BCUT2D eigenvalue weighted by molar-refractivity contribution is 5.56. The highest BCUT2D eigenvalue weighted by atomic mass is 16.5. The summed E-state index contributed by atoms with van der Waals surface area (Å²) in [6, 6.07) is 16.2. The van der Waals surface area contributed by atoms with Crippen molar-refractivity contribution in [2.45, 2.75) is 39.7 Å². The number of hydrogen-bond acceptors (Lipinski definition) is 4. The maximum Gasteiger partial charge on any atom is 0.142 e. The van der Waals surface area contributed by atoms with Crippen molar-refractivity contribution in [3.8, 4) is 11.5 Å². The Morgan fingerprint density at radius 2 is 1.50 bits per heavy atom. The summed E-state index contributed by atoms with van der Waals surface area (Å²) in [6.07, 6.45) is 3.49. The number of anilines is 1. The largest absolute Gasteiger partial charge is 0.493 e. The zero-order valence-electron chi connectivity index (χ0n) is 16.0. The molecule has 142 valence electrons. The normalized spacial score (nSPS) is 10.5. The predicted molar refractivity (Wildman–Crippen MR) is 107 cm³/mol. The lowest BCUT2D eigenvalue weighted by molar-refractivity contribution is 0.110. The lowest BCUT2D eigenvalue weighted by atomic mass is 10.2. The number of hydrogen-bond donors (Lipinski definition) is 1. The van der Waals surface area contributed by atoms with Crippen LogP contribution in [0, 0.1) is 0 Å². The van der Waals surface area contributed by atoms with E-state index in [0.29, 0.717) is 26.4 Å². The maximum atomic E-state index is 5.96. The van der Waals surface area contributed by atoms with E-state index in [1.54, 1.807) is 0 Å². The van der Waals surface area contributed by atoms with E-state index in [1.165, 1.54) is 12.8 Å². The molecule has 0 heterocycles. The average molecular weight is 357 g/mol. The number of unbranched alkanes of at least 4 members (excludes halogenated alkanes) is 2. The molecule has 2 aromatic rings. The van der Waals surface area contributed by atoms with Crippen LogP contribution >= 0.6 is 0 Å². The summed E-state index contributed by atoms with van der Waals surface area (Å²) in [4.78, 5) is 0. The summed E-state index contributed by atoms with van der Waals surface area (Å²) in [5, 5.41) is 3.47. The molecule has 0 amide bonds. The lowest BCUT2D eigenvalue weighted by Gasteiger charge is -2.15. The molecule has 0 saturated carbocycles. The van der Waals surface area contributed by atoms with Gasteiger partial charge in [0.1, 0.15) is 18.1 Å². The quantitative estimate of drug-likeness (QED) is 0.495. The van der Waals surface area contributed by atoms with Gasteiger partial charge < -0.3 is 19.5 Å². The summed E-state index contributed by atoms with van der Waals surface area (Å²) in [7, 11) is 0. The van der Waals surface area contributed by atoms with Crippen molar-refractivity contribution >= 4 is 5.69 Å². The highest BCUT2D eigenvalue weighted by Gasteiger charge is 2.06. The fourth-order valence-electron chi connectivity index (χ4n) is 2.61. The van der Waals surface area contributed by atoms with Gasteiger partial charge in [-0.25, -0.2) is 0 Å². The first-order valence-corrected chi connectivity index (χ1v) is 9.59. The molecule has 0 fully saturated rings. The molecule has 1 N–H and O–H groups in total. The van der Waals surface area contributed by atoms with E-state index in [-0.39, 0.29) is 0 Å². The Labute approximate surface area is 157 Å². The van der Waals surface area contributed by atoms with Gasteiger partial charge >= 0.3 is 0 Å². The van der Waals surface area contributed by atoms with E-state index in [2.05, 4.69) is 18.3 Å². The molecule has 0 unspecified atom stereocenters. The van der Waals surface area contributed by atoms with E-state index >= 15 is 0 Å². The molecule has 0 radical (unpaired) electrons. The average Bonchev–Trinajstić information content (AvgIpc) is 2.68. The van der Waals surface area contributed by atoms with Crippen LogP contribution in [0.2, 0.25) is 0 Å². The number of benzene rings is 2. The van der Waals surface area contributed by atoms with Crippen molar-refractivity contribution < 1.29 is 14.2 Å². The maximum absolute atomic E-state index is 5.96. The van der Waals surface area contributed by atoms with Crippen molar-refractivity contribution in [1.82, 2.24) is 0 Å². The molecule has 0 aliphatic carbocycles. The van der Waals surface area contributed by atoms with Gasteiger partial charge in [0.2, 0.25) is 0 Å². The molecule has 26 heavy (non-hydrogen) atoms. The van der Waals surface area contributed by atoms with Gasteiger partial charge in [0.05, 0.1) is 18.9 Å². The topological polar surface area (TPSA) is 39.7 Å². The van der Waals surface area contributed by atoms with Crippen molar-refractivity contribution in [3.63, 3.8) is 0 Å². The van der Waals surface area contributed by atoms with Gasteiger partial charge in [0.25, 0.3) is 0 Å². The molecule has 0 spiro atoms. The van der Waals surface area contributed by atoms with Crippen LogP contribution in [0.1, 0.15) is 38.7 Å². The SMILES string of the molecule is CCCCCOc1ccccc1CNc1ccccc1OCCOCC. The minimum atomic E-state index is 0.545. The molecular formula is C22H31NO3. The standard InChI is InChI=1S/C22H31NO3/c1-3-5-10-15-25-21-13-8-6-11-19(21)18-23-20-12-7-9-14-22(20)26-17-16-24-4-2/h6-9,11-14,23H,3-5,10,15-18H2,1-2H3. The summed E-state index contributed by atoms with van der Waals surface area (Å²) >= 11 is 0. The van der Waals surface area contributed by atoms with E-state index in [4.69, 9.17) is 14.2 Å². The summed E-state index contributed by atoms with van der Waals surface area (Å²) < 4.78 is 17.1. The molecule has 0 bridgehead atoms. The fourth-order valence-corrected chi connectivity index (χ4v) is 2.61. The van der Waals surface area contributed by atoms with Gasteiger partial charge in [-0.15, -0.1) is 0 Å². The zero-order valence-corrected chi connectivity index (χ0v) is 16.0. The van der Waals surface area contributed by atoms with Crippen LogP contribution in [-0.2, 0) is 11.3 Å². The molecule has 4 heteroatoms. The Morgan fingerprint density at radius 3 is 2.31 bits per heavy atom. The molecule has 0 aliphatic rings. The van der Waals surface area contributed by atoms with Crippen LogP contribution in [0.3, 0.4) is 0 Å². The molecule has 0 aliphatic heterocycles. The summed E-state index contributed by atoms with van der Waals surface area (Å²) in [5.41, 5.74) is 2.12. The third-order valence-corrected chi connectivity index (χ3v) is 4.02. The lowest BCUT2D eigenvalue weighted by Crippen LogP contribution is -2.09. The monoisotopic (exact) mass is 357 g/mol. The number of nitrogens with one attached hydrogen (secondary N) is 1. The van der Waals surface area contributed by atoms with Crippen LogP contribution in [-0.4, -0.2) is 26.4 Å². The second-order valence-electron chi connectivity index (χ2n) is 6.06. The van der Waals surface area contributed by atoms with E-state index in [0.717, 1.165) is 35.8 Å². The van der Waals surface area contributed by atoms with Crippen LogP contribution in [0.4, 0.5) is 5.69 Å². The molecule has 0 aromatic heterocycles. The van der Waals surface area contributed by atoms with Crippen LogP contribution < -0.4 is 14.8 Å². The summed E-state index contributed by atoms with van der Waals surface area (Å²) in [6.45, 7) is 7.49. The number of ether oxygens (including phenoxy) is 3. The summed E-state index contributed by atoms with van der Waals surface area (Å²) in [5.74, 6) is 1.79. The zero-order chi connectivity index (χ0) is 18.5. The fraction of sp³-hybridized carbons (Fsp3) is 0.455. The molecule has 2 rings (SSSR count). The number of rotatable bonds is 13. The Bertz CT molecular complexity index is 575. The van der Waals surface area contributed by atoms with Crippen molar-refractivity contribution in [1.29, 1.82) is 0 Å². The van der Waals surface area contributed by atoms with Crippen LogP contribution in [0.5, 0.6) is 11.5 Å². The Hall–Kier alpha value is -2.20. The van der Waals surface area contributed by atoms with Crippen molar-refractivity contribution in [2.24, 2.45) is 0 Å². The molecular weight excluding hydrogens is 326 g/mol. The third kappa shape index (κ3) is 6.96. The smallest absolute Gasteiger partial charge is 0.142 e. The second-order valence-corrected chi connectivity index (χ2v) is 6.06. The third-order valence-electron chi connectivity index (χ3n) is 4.02. The Kier molecular flexibility index (Phi) is 9.44. The minimum Gasteiger partial charge on any atom is -0.493 e. The first kappa shape index (κ1) is 20.1. The van der Waals surface area contributed by atoms with Gasteiger partial charge in [-0.2, -0.15) is 0 Å². The minimum absolute atomic E-state index is 0.545. The van der Waals surface area contributed by atoms with Crippen LogP contribution in [0.15, 0.2) is 48.5 Å². The Balaban J connectivity index is 1.92. The first-order valence-electron chi connectivity index (χ1n) is 9.59. The van der Waals surface area contributed by atoms with E-state index < -0.39 is 0 Å².